The van der Waals surface area contributed by atoms with Crippen LogP contribution in [0.15, 0.2) is 29.7 Å². The highest BCUT2D eigenvalue weighted by atomic mass is 32.2. The SMILES string of the molecule is COc1cc(CNCCSc2nccn2C)cc2c1OCO2. The van der Waals surface area contributed by atoms with Crippen LogP contribution in [0.5, 0.6) is 17.2 Å². The minimum atomic E-state index is 0.253. The minimum Gasteiger partial charge on any atom is -0.493 e. The van der Waals surface area contributed by atoms with E-state index in [0.29, 0.717) is 11.5 Å². The minimum absolute atomic E-state index is 0.253. The summed E-state index contributed by atoms with van der Waals surface area (Å²) in [6.07, 6.45) is 3.77. The second-order valence-corrected chi connectivity index (χ2v) is 5.94. The lowest BCUT2D eigenvalue weighted by Gasteiger charge is -2.09. The molecule has 0 saturated heterocycles. The van der Waals surface area contributed by atoms with Gasteiger partial charge >= 0.3 is 0 Å². The molecule has 0 radical (unpaired) electrons. The number of rotatable bonds is 7. The lowest BCUT2D eigenvalue weighted by Crippen LogP contribution is -2.16. The fraction of sp³-hybridized carbons (Fsp3) is 0.400. The van der Waals surface area contributed by atoms with Crippen LogP contribution in [0.4, 0.5) is 0 Å². The van der Waals surface area contributed by atoms with E-state index in [1.807, 2.05) is 36.1 Å². The van der Waals surface area contributed by atoms with Crippen molar-refractivity contribution in [1.82, 2.24) is 14.9 Å². The number of aromatic nitrogens is 2. The van der Waals surface area contributed by atoms with Gasteiger partial charge in [-0.15, -0.1) is 0 Å². The van der Waals surface area contributed by atoms with E-state index in [0.717, 1.165) is 35.3 Å². The predicted octanol–water partition coefficient (Wildman–Crippen LogP) is 2.04. The number of hydrogen-bond donors (Lipinski definition) is 1. The molecule has 1 aliphatic rings. The zero-order valence-electron chi connectivity index (χ0n) is 12.7. The van der Waals surface area contributed by atoms with Crippen LogP contribution in [0, 0.1) is 0 Å². The monoisotopic (exact) mass is 321 g/mol. The van der Waals surface area contributed by atoms with Gasteiger partial charge in [0.25, 0.3) is 0 Å². The first kappa shape index (κ1) is 15.1. The lowest BCUT2D eigenvalue weighted by atomic mass is 10.2. The molecule has 0 atom stereocenters. The zero-order valence-corrected chi connectivity index (χ0v) is 13.5. The van der Waals surface area contributed by atoms with Crippen molar-refractivity contribution in [3.63, 3.8) is 0 Å². The van der Waals surface area contributed by atoms with Crippen LogP contribution in [0.25, 0.3) is 0 Å². The summed E-state index contributed by atoms with van der Waals surface area (Å²) in [5.41, 5.74) is 1.11. The van der Waals surface area contributed by atoms with Crippen molar-refractivity contribution < 1.29 is 14.2 Å². The van der Waals surface area contributed by atoms with Crippen molar-refractivity contribution in [3.05, 3.63) is 30.1 Å². The number of thioether (sulfide) groups is 1. The molecule has 2 heterocycles. The van der Waals surface area contributed by atoms with Crippen LogP contribution in [-0.4, -0.2) is 35.8 Å². The largest absolute Gasteiger partial charge is 0.493 e. The van der Waals surface area contributed by atoms with E-state index in [4.69, 9.17) is 14.2 Å². The summed E-state index contributed by atoms with van der Waals surface area (Å²) in [4.78, 5) is 4.28. The fourth-order valence-electron chi connectivity index (χ4n) is 2.22. The second-order valence-electron chi connectivity index (χ2n) is 4.88. The van der Waals surface area contributed by atoms with E-state index in [1.54, 1.807) is 18.9 Å². The van der Waals surface area contributed by atoms with Gasteiger partial charge in [-0.1, -0.05) is 11.8 Å². The molecule has 1 aliphatic heterocycles. The summed E-state index contributed by atoms with van der Waals surface area (Å²) in [5.74, 6) is 3.12. The predicted molar refractivity (Wildman–Crippen MR) is 84.8 cm³/mol. The number of ether oxygens (including phenoxy) is 3. The molecule has 1 N–H and O–H groups in total. The standard InChI is InChI=1S/C15H19N3O3S/c1-18-5-3-17-15(18)22-6-4-16-9-11-7-12(19-2)14-13(8-11)20-10-21-14/h3,5,7-8,16H,4,6,9-10H2,1-2H3. The number of nitrogens with one attached hydrogen (secondary N) is 1. The maximum Gasteiger partial charge on any atom is 0.231 e. The maximum atomic E-state index is 5.43. The number of fused-ring (bicyclic) bond motifs is 1. The molecule has 0 saturated carbocycles. The second kappa shape index (κ2) is 6.93. The number of imidazole rings is 1. The average Bonchev–Trinajstić information content (AvgIpc) is 3.15. The Morgan fingerprint density at radius 1 is 1.41 bits per heavy atom. The van der Waals surface area contributed by atoms with Crippen LogP contribution in [0.3, 0.4) is 0 Å². The first-order valence-corrected chi connectivity index (χ1v) is 8.04. The number of aryl methyl sites for hydroxylation is 1. The summed E-state index contributed by atoms with van der Waals surface area (Å²) in [7, 11) is 3.64. The molecular weight excluding hydrogens is 302 g/mol. The van der Waals surface area contributed by atoms with Crippen molar-refractivity contribution in [3.8, 4) is 17.2 Å². The van der Waals surface area contributed by atoms with Crippen molar-refractivity contribution in [1.29, 1.82) is 0 Å². The molecule has 0 unspecified atom stereocenters. The van der Waals surface area contributed by atoms with E-state index in [2.05, 4.69) is 10.3 Å². The summed E-state index contributed by atoms with van der Waals surface area (Å²) in [5, 5.41) is 4.45. The molecule has 0 amide bonds. The highest BCUT2D eigenvalue weighted by molar-refractivity contribution is 7.99. The Labute approximate surface area is 133 Å². The molecule has 1 aromatic carbocycles. The van der Waals surface area contributed by atoms with Crippen LogP contribution in [0.2, 0.25) is 0 Å². The van der Waals surface area contributed by atoms with Gasteiger partial charge < -0.3 is 24.1 Å². The normalized spacial score (nSPS) is 12.6. The summed E-state index contributed by atoms with van der Waals surface area (Å²) >= 11 is 1.74. The Morgan fingerprint density at radius 3 is 3.09 bits per heavy atom. The van der Waals surface area contributed by atoms with Gasteiger partial charge in [-0.05, 0) is 17.7 Å². The third-order valence-electron chi connectivity index (χ3n) is 3.33. The summed E-state index contributed by atoms with van der Waals surface area (Å²) in [6, 6.07) is 3.97. The first-order valence-electron chi connectivity index (χ1n) is 7.05. The van der Waals surface area contributed by atoms with Crippen molar-refractivity contribution in [2.24, 2.45) is 7.05 Å². The molecule has 0 aliphatic carbocycles. The van der Waals surface area contributed by atoms with Gasteiger partial charge in [0.15, 0.2) is 16.7 Å². The average molecular weight is 321 g/mol. The van der Waals surface area contributed by atoms with Crippen LogP contribution < -0.4 is 19.5 Å². The molecule has 2 aromatic rings. The summed E-state index contributed by atoms with van der Waals surface area (Å²) in [6.45, 7) is 1.91. The first-order chi connectivity index (χ1) is 10.8. The van der Waals surface area contributed by atoms with Crippen molar-refractivity contribution in [2.45, 2.75) is 11.7 Å². The van der Waals surface area contributed by atoms with Gasteiger partial charge in [0, 0.05) is 38.3 Å². The molecule has 0 bridgehead atoms. The quantitative estimate of drug-likeness (QED) is 0.622. The van der Waals surface area contributed by atoms with Gasteiger partial charge in [-0.3, -0.25) is 0 Å². The third-order valence-corrected chi connectivity index (χ3v) is 4.39. The van der Waals surface area contributed by atoms with E-state index < -0.39 is 0 Å². The smallest absolute Gasteiger partial charge is 0.231 e. The van der Waals surface area contributed by atoms with E-state index >= 15 is 0 Å². The Balaban J connectivity index is 1.49. The molecular formula is C15H19N3O3S. The van der Waals surface area contributed by atoms with Gasteiger partial charge in [-0.25, -0.2) is 4.98 Å². The van der Waals surface area contributed by atoms with Gasteiger partial charge in [0.05, 0.1) is 7.11 Å². The zero-order chi connectivity index (χ0) is 15.4. The Kier molecular flexibility index (Phi) is 4.74. The molecule has 3 rings (SSSR count). The molecule has 0 spiro atoms. The highest BCUT2D eigenvalue weighted by Gasteiger charge is 2.19. The molecule has 6 nitrogen and oxygen atoms in total. The number of methoxy groups -OCH3 is 1. The third kappa shape index (κ3) is 3.31. The molecule has 1 aromatic heterocycles. The van der Waals surface area contributed by atoms with E-state index in [1.165, 1.54) is 0 Å². The van der Waals surface area contributed by atoms with Crippen molar-refractivity contribution >= 4 is 11.8 Å². The number of nitrogens with zero attached hydrogens (tertiary/aromatic N) is 2. The van der Waals surface area contributed by atoms with E-state index in [9.17, 15) is 0 Å². The van der Waals surface area contributed by atoms with Gasteiger partial charge in [0.1, 0.15) is 0 Å². The molecule has 22 heavy (non-hydrogen) atoms. The van der Waals surface area contributed by atoms with Crippen LogP contribution in [-0.2, 0) is 13.6 Å². The fourth-order valence-corrected chi connectivity index (χ4v) is 3.05. The molecule has 7 heteroatoms. The van der Waals surface area contributed by atoms with Crippen molar-refractivity contribution in [2.75, 3.05) is 26.2 Å². The van der Waals surface area contributed by atoms with Gasteiger partial charge in [-0.2, -0.15) is 0 Å². The summed E-state index contributed by atoms with van der Waals surface area (Å²) < 4.78 is 18.2. The number of benzene rings is 1. The maximum absolute atomic E-state index is 5.43. The lowest BCUT2D eigenvalue weighted by molar-refractivity contribution is 0.171. The topological polar surface area (TPSA) is 57.5 Å². The van der Waals surface area contributed by atoms with E-state index in [-0.39, 0.29) is 6.79 Å². The number of hydrogen-bond acceptors (Lipinski definition) is 6. The molecule has 0 fully saturated rings. The Morgan fingerprint density at radius 2 is 2.32 bits per heavy atom. The Bertz CT molecular complexity index is 645. The van der Waals surface area contributed by atoms with Crippen LogP contribution >= 0.6 is 11.8 Å². The molecule has 118 valence electrons. The highest BCUT2D eigenvalue weighted by Crippen LogP contribution is 2.41. The van der Waals surface area contributed by atoms with Crippen LogP contribution in [0.1, 0.15) is 5.56 Å². The Hall–Kier alpha value is -1.86. The van der Waals surface area contributed by atoms with Gasteiger partial charge in [0.2, 0.25) is 12.5 Å².